The minimum atomic E-state index is -0.636. The Morgan fingerprint density at radius 2 is 2.20 bits per heavy atom. The fraction of sp³-hybridized carbons (Fsp3) is 1.00. The van der Waals surface area contributed by atoms with Gasteiger partial charge in [-0.25, -0.2) is 0 Å². The summed E-state index contributed by atoms with van der Waals surface area (Å²) in [5, 5.41) is 3.55. The van der Waals surface area contributed by atoms with E-state index in [1.54, 1.807) is 6.26 Å². The van der Waals surface area contributed by atoms with E-state index in [9.17, 15) is 4.21 Å². The van der Waals surface area contributed by atoms with E-state index in [2.05, 4.69) is 24.1 Å². The first-order valence-corrected chi connectivity index (χ1v) is 7.50. The Balaban J connectivity index is 2.30. The van der Waals surface area contributed by atoms with Crippen LogP contribution < -0.4 is 5.32 Å². The Morgan fingerprint density at radius 1 is 1.47 bits per heavy atom. The quantitative estimate of drug-likeness (QED) is 0.779. The van der Waals surface area contributed by atoms with Crippen LogP contribution in [0, 0.1) is 0 Å². The van der Waals surface area contributed by atoms with Gasteiger partial charge in [-0.1, -0.05) is 0 Å². The Bertz CT molecular complexity index is 219. The van der Waals surface area contributed by atoms with Crippen molar-refractivity contribution in [3.63, 3.8) is 0 Å². The van der Waals surface area contributed by atoms with Gasteiger partial charge in [-0.2, -0.15) is 0 Å². The molecule has 1 heterocycles. The van der Waals surface area contributed by atoms with Crippen LogP contribution in [0.5, 0.6) is 0 Å². The molecule has 0 saturated carbocycles. The van der Waals surface area contributed by atoms with Gasteiger partial charge in [0.2, 0.25) is 0 Å². The average molecular weight is 232 g/mol. The lowest BCUT2D eigenvalue weighted by atomic mass is 10.1. The van der Waals surface area contributed by atoms with Gasteiger partial charge >= 0.3 is 0 Å². The summed E-state index contributed by atoms with van der Waals surface area (Å²) in [5.41, 5.74) is 0.224. The molecule has 0 radical (unpaired) electrons. The van der Waals surface area contributed by atoms with Gasteiger partial charge in [-0.15, -0.1) is 0 Å². The SMILES string of the molecule is CS(=O)CCCN1CCCNC(C)(C)C1. The molecule has 1 aliphatic heterocycles. The summed E-state index contributed by atoms with van der Waals surface area (Å²) in [6.07, 6.45) is 4.06. The molecule has 0 aromatic rings. The number of nitrogens with one attached hydrogen (secondary N) is 1. The first-order valence-electron chi connectivity index (χ1n) is 5.77. The Hall–Kier alpha value is 0.0700. The van der Waals surface area contributed by atoms with Crippen molar-refractivity contribution in [1.29, 1.82) is 0 Å². The molecule has 0 aliphatic carbocycles. The molecule has 1 unspecified atom stereocenters. The van der Waals surface area contributed by atoms with Gasteiger partial charge in [-0.05, 0) is 46.3 Å². The molecule has 0 spiro atoms. The molecule has 0 amide bonds. The summed E-state index contributed by atoms with van der Waals surface area (Å²) in [4.78, 5) is 2.49. The van der Waals surface area contributed by atoms with Crippen LogP contribution in [0.25, 0.3) is 0 Å². The largest absolute Gasteiger partial charge is 0.310 e. The number of hydrogen-bond donors (Lipinski definition) is 1. The van der Waals surface area contributed by atoms with Gasteiger partial charge in [0.15, 0.2) is 0 Å². The lowest BCUT2D eigenvalue weighted by Gasteiger charge is -2.29. The first-order chi connectivity index (χ1) is 6.99. The van der Waals surface area contributed by atoms with Gasteiger partial charge in [0.05, 0.1) is 0 Å². The standard InChI is InChI=1S/C11H24N2OS/c1-11(2)10-13(7-4-6-12-11)8-5-9-15(3)14/h12H,4-10H2,1-3H3. The Kier molecular flexibility index (Phi) is 5.23. The zero-order valence-electron chi connectivity index (χ0n) is 10.2. The van der Waals surface area contributed by atoms with Crippen LogP contribution in [0.3, 0.4) is 0 Å². The van der Waals surface area contributed by atoms with E-state index in [1.165, 1.54) is 13.0 Å². The molecule has 1 rings (SSSR count). The van der Waals surface area contributed by atoms with Crippen LogP contribution in [-0.2, 0) is 10.8 Å². The fourth-order valence-electron chi connectivity index (χ4n) is 2.11. The van der Waals surface area contributed by atoms with Crippen molar-refractivity contribution in [2.75, 3.05) is 38.2 Å². The van der Waals surface area contributed by atoms with Crippen molar-refractivity contribution in [2.45, 2.75) is 32.2 Å². The van der Waals surface area contributed by atoms with E-state index in [-0.39, 0.29) is 5.54 Å². The second-order valence-corrected chi connectivity index (χ2v) is 6.63. The van der Waals surface area contributed by atoms with E-state index in [0.717, 1.165) is 31.8 Å². The lowest BCUT2D eigenvalue weighted by Crippen LogP contribution is -2.46. The summed E-state index contributed by atoms with van der Waals surface area (Å²) in [6, 6.07) is 0. The highest BCUT2D eigenvalue weighted by Crippen LogP contribution is 2.10. The second kappa shape index (κ2) is 5.97. The van der Waals surface area contributed by atoms with Crippen LogP contribution in [0.4, 0.5) is 0 Å². The zero-order chi connectivity index (χ0) is 11.3. The second-order valence-electron chi connectivity index (χ2n) is 5.07. The smallest absolute Gasteiger partial charge is 0.0252 e. The van der Waals surface area contributed by atoms with Crippen LogP contribution >= 0.6 is 0 Å². The molecule has 4 heteroatoms. The van der Waals surface area contributed by atoms with Crippen molar-refractivity contribution >= 4 is 10.8 Å². The molecular formula is C11H24N2OS. The third kappa shape index (κ3) is 5.64. The van der Waals surface area contributed by atoms with E-state index in [0.29, 0.717) is 0 Å². The summed E-state index contributed by atoms with van der Waals surface area (Å²) in [5.74, 6) is 0.838. The van der Waals surface area contributed by atoms with E-state index in [1.807, 2.05) is 0 Å². The fourth-order valence-corrected chi connectivity index (χ4v) is 2.64. The van der Waals surface area contributed by atoms with Crippen LogP contribution in [0.2, 0.25) is 0 Å². The minimum absolute atomic E-state index is 0.224. The van der Waals surface area contributed by atoms with Gasteiger partial charge in [0.25, 0.3) is 0 Å². The summed E-state index contributed by atoms with van der Waals surface area (Å²) in [6.45, 7) is 8.98. The highest BCUT2D eigenvalue weighted by molar-refractivity contribution is 7.84. The topological polar surface area (TPSA) is 32.3 Å². The third-order valence-electron chi connectivity index (χ3n) is 2.78. The predicted molar refractivity (Wildman–Crippen MR) is 66.7 cm³/mol. The van der Waals surface area contributed by atoms with Crippen LogP contribution in [-0.4, -0.2) is 52.8 Å². The molecule has 15 heavy (non-hydrogen) atoms. The van der Waals surface area contributed by atoms with Crippen molar-refractivity contribution < 1.29 is 4.21 Å². The molecule has 1 aliphatic rings. The maximum Gasteiger partial charge on any atom is 0.0252 e. The van der Waals surface area contributed by atoms with E-state index >= 15 is 0 Å². The van der Waals surface area contributed by atoms with Gasteiger partial charge in [0, 0.05) is 34.9 Å². The minimum Gasteiger partial charge on any atom is -0.310 e. The number of hydrogen-bond acceptors (Lipinski definition) is 3. The summed E-state index contributed by atoms with van der Waals surface area (Å²) in [7, 11) is -0.636. The highest BCUT2D eigenvalue weighted by atomic mass is 32.2. The Morgan fingerprint density at radius 3 is 2.87 bits per heavy atom. The first kappa shape index (κ1) is 13.1. The molecule has 0 bridgehead atoms. The Labute approximate surface area is 96.1 Å². The van der Waals surface area contributed by atoms with Gasteiger partial charge in [0.1, 0.15) is 0 Å². The maximum absolute atomic E-state index is 11.0. The number of rotatable bonds is 4. The molecular weight excluding hydrogens is 208 g/mol. The average Bonchev–Trinajstić information content (AvgIpc) is 2.26. The molecule has 1 N–H and O–H groups in total. The molecule has 90 valence electrons. The van der Waals surface area contributed by atoms with Crippen molar-refractivity contribution in [3.05, 3.63) is 0 Å². The number of nitrogens with zero attached hydrogens (tertiary/aromatic N) is 1. The predicted octanol–water partition coefficient (Wildman–Crippen LogP) is 0.829. The van der Waals surface area contributed by atoms with Gasteiger partial charge < -0.3 is 10.2 Å². The molecule has 3 nitrogen and oxygen atoms in total. The normalized spacial score (nSPS) is 24.7. The zero-order valence-corrected chi connectivity index (χ0v) is 11.0. The maximum atomic E-state index is 11.0. The lowest BCUT2D eigenvalue weighted by molar-refractivity contribution is 0.232. The summed E-state index contributed by atoms with van der Waals surface area (Å²) < 4.78 is 11.0. The van der Waals surface area contributed by atoms with Crippen molar-refractivity contribution in [3.8, 4) is 0 Å². The third-order valence-corrected chi connectivity index (χ3v) is 3.64. The molecule has 0 aromatic heterocycles. The molecule has 1 saturated heterocycles. The van der Waals surface area contributed by atoms with Crippen molar-refractivity contribution in [1.82, 2.24) is 10.2 Å². The molecule has 1 fully saturated rings. The summed E-state index contributed by atoms with van der Waals surface area (Å²) >= 11 is 0. The highest BCUT2D eigenvalue weighted by Gasteiger charge is 2.23. The van der Waals surface area contributed by atoms with E-state index in [4.69, 9.17) is 0 Å². The molecule has 1 atom stereocenters. The van der Waals surface area contributed by atoms with Crippen LogP contribution in [0.1, 0.15) is 26.7 Å². The van der Waals surface area contributed by atoms with E-state index < -0.39 is 10.8 Å². The van der Waals surface area contributed by atoms with Gasteiger partial charge in [-0.3, -0.25) is 4.21 Å². The van der Waals surface area contributed by atoms with Crippen LogP contribution in [0.15, 0.2) is 0 Å². The van der Waals surface area contributed by atoms with Crippen molar-refractivity contribution in [2.24, 2.45) is 0 Å². The molecule has 0 aromatic carbocycles. The monoisotopic (exact) mass is 232 g/mol.